The molecular formula is C26H35N3O7. The molecule has 2 aromatic rings. The molecule has 36 heavy (non-hydrogen) atoms. The van der Waals surface area contributed by atoms with Crippen molar-refractivity contribution >= 4 is 11.9 Å². The molecule has 0 aliphatic carbocycles. The molecule has 1 aromatic carbocycles. The lowest BCUT2D eigenvalue weighted by Gasteiger charge is -2.29. The van der Waals surface area contributed by atoms with Gasteiger partial charge in [0, 0.05) is 44.6 Å². The molecule has 0 unspecified atom stereocenters. The Kier molecular flexibility index (Phi) is 8.82. The smallest absolute Gasteiger partial charge is 0.308 e. The predicted octanol–water partition coefficient (Wildman–Crippen LogP) is 2.52. The van der Waals surface area contributed by atoms with Crippen LogP contribution < -0.4 is 9.47 Å². The van der Waals surface area contributed by atoms with Crippen molar-refractivity contribution in [3.63, 3.8) is 0 Å². The molecule has 3 atom stereocenters. The van der Waals surface area contributed by atoms with Gasteiger partial charge < -0.3 is 29.0 Å². The summed E-state index contributed by atoms with van der Waals surface area (Å²) in [4.78, 5) is 33.9. The molecule has 1 fully saturated rings. The number of oxazole rings is 1. The molecule has 10 nitrogen and oxygen atoms in total. The number of carbonyl (C=O) groups is 2. The Morgan fingerprint density at radius 3 is 2.72 bits per heavy atom. The van der Waals surface area contributed by atoms with Gasteiger partial charge in [0.1, 0.15) is 6.26 Å². The fraction of sp³-hybridized carbons (Fsp3) is 0.577. The van der Waals surface area contributed by atoms with E-state index in [1.165, 1.54) is 6.26 Å². The number of aliphatic carboxylic acids is 1. The van der Waals surface area contributed by atoms with Crippen LogP contribution in [0, 0.1) is 5.92 Å². The maximum absolute atomic E-state index is 13.4. The van der Waals surface area contributed by atoms with Crippen LogP contribution in [0.1, 0.15) is 50.0 Å². The van der Waals surface area contributed by atoms with Gasteiger partial charge in [-0.05, 0) is 37.0 Å². The van der Waals surface area contributed by atoms with Gasteiger partial charge in [-0.1, -0.05) is 19.4 Å². The Labute approximate surface area is 210 Å². The lowest BCUT2D eigenvalue weighted by Crippen LogP contribution is -2.45. The number of hydrogen-bond donors (Lipinski definition) is 2. The van der Waals surface area contributed by atoms with Crippen molar-refractivity contribution in [1.29, 1.82) is 0 Å². The maximum atomic E-state index is 13.4. The first-order valence-electron chi connectivity index (χ1n) is 12.6. The summed E-state index contributed by atoms with van der Waals surface area (Å²) in [5, 5.41) is 19.6. The topological polar surface area (TPSA) is 126 Å². The Morgan fingerprint density at radius 1 is 1.19 bits per heavy atom. The van der Waals surface area contributed by atoms with Crippen LogP contribution in [0.15, 0.2) is 35.1 Å². The molecule has 4 rings (SSSR count). The summed E-state index contributed by atoms with van der Waals surface area (Å²) >= 11 is 0. The number of ether oxygens (including phenoxy) is 2. The number of amides is 1. The van der Waals surface area contributed by atoms with Crippen LogP contribution >= 0.6 is 0 Å². The first kappa shape index (κ1) is 26.0. The normalized spacial score (nSPS) is 21.1. The summed E-state index contributed by atoms with van der Waals surface area (Å²) in [5.74, 6) is -0.176. The third kappa shape index (κ3) is 5.99. The van der Waals surface area contributed by atoms with Gasteiger partial charge in [-0.25, -0.2) is 4.98 Å². The van der Waals surface area contributed by atoms with Crippen LogP contribution in [0.3, 0.4) is 0 Å². The fourth-order valence-corrected chi connectivity index (χ4v) is 5.23. The van der Waals surface area contributed by atoms with E-state index in [2.05, 4.69) is 11.9 Å². The number of carboxylic acids is 1. The Hall–Kier alpha value is -3.11. The van der Waals surface area contributed by atoms with Crippen LogP contribution in [0.4, 0.5) is 0 Å². The van der Waals surface area contributed by atoms with Crippen LogP contribution in [0.25, 0.3) is 0 Å². The first-order valence-corrected chi connectivity index (χ1v) is 12.6. The van der Waals surface area contributed by atoms with Gasteiger partial charge in [-0.15, -0.1) is 0 Å². The van der Waals surface area contributed by atoms with Gasteiger partial charge >= 0.3 is 5.97 Å². The van der Waals surface area contributed by atoms with Gasteiger partial charge in [0.15, 0.2) is 17.4 Å². The van der Waals surface area contributed by atoms with Crippen LogP contribution in [0.2, 0.25) is 0 Å². The van der Waals surface area contributed by atoms with Crippen LogP contribution in [0.5, 0.6) is 11.5 Å². The highest BCUT2D eigenvalue weighted by Gasteiger charge is 2.47. The molecule has 10 heteroatoms. The summed E-state index contributed by atoms with van der Waals surface area (Å²) in [7, 11) is 0. The largest absolute Gasteiger partial charge is 0.481 e. The van der Waals surface area contributed by atoms with E-state index in [-0.39, 0.29) is 37.8 Å². The Bertz CT molecular complexity index is 1000. The third-order valence-electron chi connectivity index (χ3n) is 7.05. The maximum Gasteiger partial charge on any atom is 0.308 e. The van der Waals surface area contributed by atoms with Crippen molar-refractivity contribution in [3.05, 3.63) is 42.1 Å². The van der Waals surface area contributed by atoms with E-state index in [1.807, 2.05) is 23.1 Å². The van der Waals surface area contributed by atoms with E-state index in [9.17, 15) is 19.8 Å². The molecule has 1 aromatic heterocycles. The molecule has 196 valence electrons. The zero-order valence-corrected chi connectivity index (χ0v) is 20.7. The number of carbonyl (C=O) groups excluding carboxylic acids is 1. The van der Waals surface area contributed by atoms with Gasteiger partial charge in [0.2, 0.25) is 12.7 Å². The van der Waals surface area contributed by atoms with E-state index in [0.717, 1.165) is 18.4 Å². The minimum Gasteiger partial charge on any atom is -0.481 e. The van der Waals surface area contributed by atoms with Crippen LogP contribution in [-0.2, 0) is 16.0 Å². The molecule has 1 amide bonds. The van der Waals surface area contributed by atoms with Gasteiger partial charge in [-0.3, -0.25) is 14.5 Å². The number of fused-ring (bicyclic) bond motifs is 1. The van der Waals surface area contributed by atoms with Gasteiger partial charge in [0.25, 0.3) is 0 Å². The fourth-order valence-electron chi connectivity index (χ4n) is 5.23. The molecular weight excluding hydrogens is 466 g/mol. The average molecular weight is 502 g/mol. The summed E-state index contributed by atoms with van der Waals surface area (Å²) < 4.78 is 16.3. The van der Waals surface area contributed by atoms with Crippen molar-refractivity contribution in [3.8, 4) is 11.5 Å². The Balaban J connectivity index is 1.58. The average Bonchev–Trinajstić information content (AvgIpc) is 3.62. The summed E-state index contributed by atoms with van der Waals surface area (Å²) in [6, 6.07) is 5.18. The number of aliphatic hydroxyl groups excluding tert-OH is 1. The van der Waals surface area contributed by atoms with Crippen molar-refractivity contribution < 1.29 is 33.7 Å². The summed E-state index contributed by atoms with van der Waals surface area (Å²) in [5.41, 5.74) is 0.853. The molecule has 2 aliphatic rings. The first-order chi connectivity index (χ1) is 17.5. The van der Waals surface area contributed by atoms with Gasteiger partial charge in [-0.2, -0.15) is 0 Å². The minimum absolute atomic E-state index is 0.0195. The summed E-state index contributed by atoms with van der Waals surface area (Å²) in [6.45, 7) is 3.90. The number of carboxylic acid groups (broad SMARTS) is 1. The van der Waals surface area contributed by atoms with E-state index < -0.39 is 11.9 Å². The quantitative estimate of drug-likeness (QED) is 0.426. The molecule has 0 radical (unpaired) electrons. The second kappa shape index (κ2) is 12.2. The molecule has 0 spiro atoms. The second-order valence-electron chi connectivity index (χ2n) is 9.36. The molecule has 1 saturated heterocycles. The third-order valence-corrected chi connectivity index (χ3v) is 7.05. The second-order valence-corrected chi connectivity index (χ2v) is 9.36. The number of aromatic nitrogens is 1. The number of nitrogens with zero attached hydrogens (tertiary/aromatic N) is 3. The highest BCUT2D eigenvalue weighted by Crippen LogP contribution is 2.43. The number of likely N-dealkylation sites (tertiary alicyclic amines) is 1. The number of benzene rings is 1. The Morgan fingerprint density at radius 2 is 2.00 bits per heavy atom. The lowest BCUT2D eigenvalue weighted by molar-refractivity contribution is -0.144. The monoisotopic (exact) mass is 501 g/mol. The number of aryl methyl sites for hydroxylation is 1. The number of hydrogen-bond acceptors (Lipinski definition) is 8. The zero-order valence-electron chi connectivity index (χ0n) is 20.7. The van der Waals surface area contributed by atoms with Crippen molar-refractivity contribution in [2.24, 2.45) is 5.92 Å². The van der Waals surface area contributed by atoms with Crippen molar-refractivity contribution in [2.45, 2.75) is 51.0 Å². The summed E-state index contributed by atoms with van der Waals surface area (Å²) in [6.07, 6.45) is 6.40. The molecule has 2 N–H and O–H groups in total. The van der Waals surface area contributed by atoms with Gasteiger partial charge in [0.05, 0.1) is 18.7 Å². The zero-order chi connectivity index (χ0) is 25.5. The van der Waals surface area contributed by atoms with E-state index in [0.29, 0.717) is 56.3 Å². The molecule has 2 aliphatic heterocycles. The predicted molar refractivity (Wildman–Crippen MR) is 130 cm³/mol. The SMILES string of the molecule is CCCCN(CCCO)C(=O)CN1C[C@H](c2ccc3c(c2)OCO3)[C@H](C(=O)O)[C@H]1CCc1ncco1. The standard InChI is InChI=1S/C26H35N3O7/c1-2-3-10-28(11-4-12-30)24(31)16-29-15-19(18-5-7-21-22(14-18)36-17-35-21)25(26(32)33)20(29)6-8-23-27-9-13-34-23/h5,7,9,13-14,19-20,25,30H,2-4,6,8,10-12,15-17H2,1H3,(H,32,33)/t19-,20-,25+/m1/s1. The van der Waals surface area contributed by atoms with E-state index in [4.69, 9.17) is 13.9 Å². The number of aliphatic hydroxyl groups is 1. The number of rotatable bonds is 13. The highest BCUT2D eigenvalue weighted by atomic mass is 16.7. The van der Waals surface area contributed by atoms with Crippen molar-refractivity contribution in [1.82, 2.24) is 14.8 Å². The van der Waals surface area contributed by atoms with Crippen LogP contribution in [-0.4, -0.2) is 82.5 Å². The minimum atomic E-state index is -0.895. The number of unbranched alkanes of at least 4 members (excludes halogenated alkanes) is 1. The lowest BCUT2D eigenvalue weighted by atomic mass is 9.83. The van der Waals surface area contributed by atoms with E-state index in [1.54, 1.807) is 11.1 Å². The highest BCUT2D eigenvalue weighted by molar-refractivity contribution is 5.79. The van der Waals surface area contributed by atoms with E-state index >= 15 is 0 Å². The molecule has 0 bridgehead atoms. The molecule has 0 saturated carbocycles. The van der Waals surface area contributed by atoms with Crippen molar-refractivity contribution in [2.75, 3.05) is 39.6 Å². The molecule has 3 heterocycles.